The van der Waals surface area contributed by atoms with E-state index in [2.05, 4.69) is 77.3 Å². The molecule has 0 saturated heterocycles. The Morgan fingerprint density at radius 1 is 1.10 bits per heavy atom. The Morgan fingerprint density at radius 2 is 1.79 bits per heavy atom. The highest BCUT2D eigenvalue weighted by molar-refractivity contribution is 5.82. The zero-order chi connectivity index (χ0) is 21.2. The SMILES string of the molecule is C=C1CC(C)(c2ccc(C)cc2C)C(=C)C1CC(=O)Cc1ccccc1CCC. The number of benzene rings is 2. The maximum atomic E-state index is 13.0. The van der Waals surface area contributed by atoms with Crippen molar-refractivity contribution < 1.29 is 4.79 Å². The van der Waals surface area contributed by atoms with Crippen LogP contribution >= 0.6 is 0 Å². The number of carbonyl (C=O) groups is 1. The number of aryl methyl sites for hydroxylation is 3. The maximum Gasteiger partial charge on any atom is 0.138 e. The Labute approximate surface area is 176 Å². The van der Waals surface area contributed by atoms with Crippen molar-refractivity contribution in [2.45, 2.75) is 65.2 Å². The van der Waals surface area contributed by atoms with E-state index < -0.39 is 0 Å². The number of hydrogen-bond donors (Lipinski definition) is 0. The lowest BCUT2D eigenvalue weighted by Crippen LogP contribution is -2.23. The summed E-state index contributed by atoms with van der Waals surface area (Å²) in [6.45, 7) is 17.6. The summed E-state index contributed by atoms with van der Waals surface area (Å²) in [5, 5.41) is 0. The van der Waals surface area contributed by atoms with E-state index in [1.807, 2.05) is 6.07 Å². The van der Waals surface area contributed by atoms with E-state index >= 15 is 0 Å². The Kier molecular flexibility index (Phi) is 6.27. The Hall–Kier alpha value is -2.41. The zero-order valence-electron chi connectivity index (χ0n) is 18.5. The fraction of sp³-hybridized carbons (Fsp3) is 0.393. The Morgan fingerprint density at radius 3 is 2.45 bits per heavy atom. The van der Waals surface area contributed by atoms with Gasteiger partial charge in [0, 0.05) is 24.2 Å². The van der Waals surface area contributed by atoms with Gasteiger partial charge in [0.15, 0.2) is 0 Å². The largest absolute Gasteiger partial charge is 0.299 e. The van der Waals surface area contributed by atoms with Crippen molar-refractivity contribution in [3.05, 3.63) is 94.6 Å². The predicted molar refractivity (Wildman–Crippen MR) is 123 cm³/mol. The summed E-state index contributed by atoms with van der Waals surface area (Å²) in [4.78, 5) is 13.0. The van der Waals surface area contributed by atoms with Gasteiger partial charge >= 0.3 is 0 Å². The second-order valence-corrected chi connectivity index (χ2v) is 9.00. The van der Waals surface area contributed by atoms with Crippen LogP contribution in [0.1, 0.15) is 60.9 Å². The molecule has 0 N–H and O–H groups in total. The lowest BCUT2D eigenvalue weighted by Gasteiger charge is -2.29. The lowest BCUT2D eigenvalue weighted by atomic mass is 9.74. The van der Waals surface area contributed by atoms with Crippen LogP contribution in [0.5, 0.6) is 0 Å². The molecule has 3 rings (SSSR count). The number of carbonyl (C=O) groups excluding carboxylic acids is 1. The van der Waals surface area contributed by atoms with Crippen LogP contribution in [0.4, 0.5) is 0 Å². The average Bonchev–Trinajstić information content (AvgIpc) is 2.87. The smallest absolute Gasteiger partial charge is 0.138 e. The van der Waals surface area contributed by atoms with Gasteiger partial charge in [-0.1, -0.05) is 92.6 Å². The third-order valence-electron chi connectivity index (χ3n) is 6.64. The molecule has 1 aliphatic rings. The first kappa shape index (κ1) is 21.3. The van der Waals surface area contributed by atoms with Crippen molar-refractivity contribution >= 4 is 5.78 Å². The Bertz CT molecular complexity index is 949. The van der Waals surface area contributed by atoms with Gasteiger partial charge in [-0.05, 0) is 48.9 Å². The molecule has 0 bridgehead atoms. The van der Waals surface area contributed by atoms with Crippen LogP contribution in [0.2, 0.25) is 0 Å². The number of ketones is 1. The summed E-state index contributed by atoms with van der Waals surface area (Å²) >= 11 is 0. The highest BCUT2D eigenvalue weighted by Crippen LogP contribution is 2.51. The molecule has 1 aliphatic carbocycles. The van der Waals surface area contributed by atoms with Crippen molar-refractivity contribution in [1.29, 1.82) is 0 Å². The Balaban J connectivity index is 1.77. The standard InChI is InChI=1S/C28H34O/c1-7-10-23-11-8-9-12-24(23)16-25(29)17-26-21(4)18-28(6,22(26)5)27-14-13-19(2)15-20(27)3/h8-9,11-15,26H,4-5,7,10,16-18H2,1-3,6H3. The summed E-state index contributed by atoms with van der Waals surface area (Å²) in [5.74, 6) is 0.359. The van der Waals surface area contributed by atoms with Gasteiger partial charge in [-0.15, -0.1) is 0 Å². The summed E-state index contributed by atoms with van der Waals surface area (Å²) in [6, 6.07) is 15.0. The molecule has 0 aromatic heterocycles. The van der Waals surface area contributed by atoms with Gasteiger partial charge in [0.25, 0.3) is 0 Å². The van der Waals surface area contributed by atoms with Crippen LogP contribution in [0.15, 0.2) is 66.8 Å². The zero-order valence-corrected chi connectivity index (χ0v) is 18.5. The first-order valence-corrected chi connectivity index (χ1v) is 10.8. The second kappa shape index (κ2) is 8.53. The van der Waals surface area contributed by atoms with E-state index in [0.29, 0.717) is 12.8 Å². The number of allylic oxidation sites excluding steroid dienone is 2. The third kappa shape index (κ3) is 4.29. The van der Waals surface area contributed by atoms with E-state index in [1.54, 1.807) is 0 Å². The molecule has 0 aliphatic heterocycles. The summed E-state index contributed by atoms with van der Waals surface area (Å²) in [5.41, 5.74) is 8.50. The molecule has 1 saturated carbocycles. The van der Waals surface area contributed by atoms with Crippen LogP contribution in [0.25, 0.3) is 0 Å². The molecule has 0 spiro atoms. The minimum atomic E-state index is -0.139. The molecule has 0 heterocycles. The predicted octanol–water partition coefficient (Wildman–Crippen LogP) is 6.85. The summed E-state index contributed by atoms with van der Waals surface area (Å²) < 4.78 is 0. The normalized spacial score (nSPS) is 21.6. The topological polar surface area (TPSA) is 17.1 Å². The number of Topliss-reactive ketones (excluding diaryl/α,β-unsaturated/α-hetero) is 1. The molecule has 152 valence electrons. The fourth-order valence-electron chi connectivity index (χ4n) is 5.05. The molecule has 1 nitrogen and oxygen atoms in total. The fourth-order valence-corrected chi connectivity index (χ4v) is 5.05. The number of hydrogen-bond acceptors (Lipinski definition) is 1. The van der Waals surface area contributed by atoms with Crippen molar-refractivity contribution in [3.63, 3.8) is 0 Å². The minimum Gasteiger partial charge on any atom is -0.299 e. The lowest BCUT2D eigenvalue weighted by molar-refractivity contribution is -0.118. The van der Waals surface area contributed by atoms with E-state index in [0.717, 1.165) is 30.4 Å². The van der Waals surface area contributed by atoms with Crippen LogP contribution in [-0.2, 0) is 23.1 Å². The van der Waals surface area contributed by atoms with Gasteiger partial charge < -0.3 is 0 Å². The first-order valence-electron chi connectivity index (χ1n) is 10.8. The minimum absolute atomic E-state index is 0.0755. The molecule has 2 aromatic carbocycles. The van der Waals surface area contributed by atoms with Crippen molar-refractivity contribution in [2.24, 2.45) is 5.92 Å². The number of rotatable bonds is 7. The molecule has 0 radical (unpaired) electrons. The van der Waals surface area contributed by atoms with Gasteiger partial charge in [0.05, 0.1) is 0 Å². The van der Waals surface area contributed by atoms with E-state index in [4.69, 9.17) is 0 Å². The quantitative estimate of drug-likeness (QED) is 0.476. The molecule has 0 amide bonds. The average molecular weight is 387 g/mol. The van der Waals surface area contributed by atoms with E-state index in [1.165, 1.54) is 27.8 Å². The molecule has 2 atom stereocenters. The van der Waals surface area contributed by atoms with Crippen LogP contribution in [0.3, 0.4) is 0 Å². The molecule has 2 unspecified atom stereocenters. The van der Waals surface area contributed by atoms with Crippen LogP contribution in [0, 0.1) is 19.8 Å². The van der Waals surface area contributed by atoms with Crippen LogP contribution < -0.4 is 0 Å². The van der Waals surface area contributed by atoms with E-state index in [9.17, 15) is 4.79 Å². The van der Waals surface area contributed by atoms with E-state index in [-0.39, 0.29) is 17.1 Å². The molecule has 2 aromatic rings. The first-order chi connectivity index (χ1) is 13.8. The van der Waals surface area contributed by atoms with Gasteiger partial charge in [-0.2, -0.15) is 0 Å². The van der Waals surface area contributed by atoms with Gasteiger partial charge in [0.1, 0.15) is 5.78 Å². The molecular weight excluding hydrogens is 352 g/mol. The van der Waals surface area contributed by atoms with Gasteiger partial charge in [0.2, 0.25) is 0 Å². The third-order valence-corrected chi connectivity index (χ3v) is 6.64. The highest BCUT2D eigenvalue weighted by atomic mass is 16.1. The van der Waals surface area contributed by atoms with Crippen molar-refractivity contribution in [1.82, 2.24) is 0 Å². The molecular formula is C28H34O. The van der Waals surface area contributed by atoms with Gasteiger partial charge in [-0.25, -0.2) is 0 Å². The highest BCUT2D eigenvalue weighted by Gasteiger charge is 2.43. The maximum absolute atomic E-state index is 13.0. The molecule has 1 heteroatoms. The van der Waals surface area contributed by atoms with Crippen molar-refractivity contribution in [2.75, 3.05) is 0 Å². The summed E-state index contributed by atoms with van der Waals surface area (Å²) in [7, 11) is 0. The van der Waals surface area contributed by atoms with Crippen LogP contribution in [-0.4, -0.2) is 5.78 Å². The van der Waals surface area contributed by atoms with Gasteiger partial charge in [-0.3, -0.25) is 4.79 Å². The summed E-state index contributed by atoms with van der Waals surface area (Å²) in [6.07, 6.45) is 4.01. The molecule has 1 fully saturated rings. The second-order valence-electron chi connectivity index (χ2n) is 9.00. The molecule has 29 heavy (non-hydrogen) atoms. The van der Waals surface area contributed by atoms with Crippen molar-refractivity contribution in [3.8, 4) is 0 Å². The monoisotopic (exact) mass is 386 g/mol.